The summed E-state index contributed by atoms with van der Waals surface area (Å²) in [4.78, 5) is 42.4. The molecule has 1 aliphatic heterocycles. The van der Waals surface area contributed by atoms with Gasteiger partial charge < -0.3 is 19.9 Å². The van der Waals surface area contributed by atoms with Crippen molar-refractivity contribution in [2.75, 3.05) is 33.3 Å². The Morgan fingerprint density at radius 3 is 2.11 bits per heavy atom. The van der Waals surface area contributed by atoms with Gasteiger partial charge in [0.05, 0.1) is 16.9 Å². The lowest BCUT2D eigenvalue weighted by atomic mass is 10.1. The molecule has 194 valence electrons. The van der Waals surface area contributed by atoms with Crippen molar-refractivity contribution < 1.29 is 27.5 Å². The zero-order valence-corrected chi connectivity index (χ0v) is 22.1. The molecule has 1 N–H and O–H groups in total. The van der Waals surface area contributed by atoms with Gasteiger partial charge in [-0.1, -0.05) is 23.8 Å². The highest BCUT2D eigenvalue weighted by molar-refractivity contribution is 7.92. The Morgan fingerprint density at radius 2 is 1.54 bits per heavy atom. The molecule has 0 bridgehead atoms. The van der Waals surface area contributed by atoms with E-state index in [-0.39, 0.29) is 37.0 Å². The fourth-order valence-corrected chi connectivity index (χ4v) is 6.04. The number of hydrogen-bond acceptors (Lipinski definition) is 7. The fourth-order valence-electron chi connectivity index (χ4n) is 3.95. The van der Waals surface area contributed by atoms with E-state index >= 15 is 0 Å². The van der Waals surface area contributed by atoms with E-state index in [0.717, 1.165) is 16.9 Å². The van der Waals surface area contributed by atoms with Crippen LogP contribution in [0, 0.1) is 6.92 Å². The number of nitrogens with one attached hydrogen (secondary N) is 1. The minimum atomic E-state index is -4.24. The van der Waals surface area contributed by atoms with Crippen LogP contribution in [-0.2, 0) is 14.6 Å². The SMILES string of the molecule is COc1ccc(C(=O)N2CCN(C(=O)[C@@H](NC(=O)c3cccs3)S(=O)(=O)c3ccc(C)cc3)CC2)cc1. The van der Waals surface area contributed by atoms with Crippen LogP contribution in [0.25, 0.3) is 0 Å². The molecule has 0 saturated carbocycles. The fraction of sp³-hybridized carbons (Fsp3) is 0.269. The number of carbonyl (C=O) groups is 3. The lowest BCUT2D eigenvalue weighted by Gasteiger charge is -2.36. The molecule has 0 aliphatic carbocycles. The number of piperazine rings is 1. The van der Waals surface area contributed by atoms with Crippen molar-refractivity contribution in [2.45, 2.75) is 17.2 Å². The van der Waals surface area contributed by atoms with Crippen LogP contribution in [0.3, 0.4) is 0 Å². The molecule has 1 saturated heterocycles. The molecule has 2 heterocycles. The highest BCUT2D eigenvalue weighted by atomic mass is 32.2. The first-order chi connectivity index (χ1) is 17.7. The van der Waals surface area contributed by atoms with E-state index < -0.39 is 27.0 Å². The number of rotatable bonds is 7. The van der Waals surface area contributed by atoms with Gasteiger partial charge in [0.25, 0.3) is 17.7 Å². The van der Waals surface area contributed by atoms with Crippen molar-refractivity contribution in [3.63, 3.8) is 0 Å². The average molecular weight is 542 g/mol. The molecule has 3 aromatic rings. The second-order valence-corrected chi connectivity index (χ2v) is 11.5. The standard InChI is InChI=1S/C26H27N3O6S2/c1-18-5-11-21(12-6-18)37(33,34)24(27-23(30)22-4-3-17-36-22)26(32)29-15-13-28(14-16-29)25(31)19-7-9-20(35-2)10-8-19/h3-12,17,24H,13-16H2,1-2H3,(H,27,30)/t24-/m0/s1. The number of sulfone groups is 1. The number of thiophene rings is 1. The molecule has 1 aliphatic rings. The number of ether oxygens (including phenoxy) is 1. The van der Waals surface area contributed by atoms with Crippen molar-refractivity contribution >= 4 is 38.9 Å². The summed E-state index contributed by atoms with van der Waals surface area (Å²) < 4.78 is 32.1. The molecular weight excluding hydrogens is 514 g/mol. The summed E-state index contributed by atoms with van der Waals surface area (Å²) in [5, 5.41) is 2.34. The van der Waals surface area contributed by atoms with Gasteiger partial charge in [-0.25, -0.2) is 8.42 Å². The Hall–Kier alpha value is -3.70. The number of nitrogens with zero attached hydrogens (tertiary/aromatic N) is 2. The number of carbonyl (C=O) groups excluding carboxylic acids is 3. The van der Waals surface area contributed by atoms with Crippen LogP contribution in [-0.4, -0.2) is 74.6 Å². The summed E-state index contributed by atoms with van der Waals surface area (Å²) in [6.07, 6.45) is 0. The van der Waals surface area contributed by atoms with Crippen molar-refractivity contribution in [3.05, 3.63) is 82.0 Å². The Balaban J connectivity index is 1.51. The monoisotopic (exact) mass is 541 g/mol. The lowest BCUT2D eigenvalue weighted by Crippen LogP contribution is -2.57. The Bertz CT molecular complexity index is 1360. The van der Waals surface area contributed by atoms with Gasteiger partial charge in [0.1, 0.15) is 5.75 Å². The van der Waals surface area contributed by atoms with E-state index in [1.54, 1.807) is 65.9 Å². The van der Waals surface area contributed by atoms with Gasteiger partial charge in [-0.2, -0.15) is 0 Å². The predicted molar refractivity (Wildman–Crippen MR) is 139 cm³/mol. The topological polar surface area (TPSA) is 113 Å². The maximum atomic E-state index is 13.5. The Kier molecular flexibility index (Phi) is 7.94. The number of hydrogen-bond donors (Lipinski definition) is 1. The molecule has 3 amide bonds. The maximum absolute atomic E-state index is 13.5. The van der Waals surface area contributed by atoms with Crippen LogP contribution >= 0.6 is 11.3 Å². The molecule has 9 nitrogen and oxygen atoms in total. The molecule has 0 spiro atoms. The van der Waals surface area contributed by atoms with Crippen molar-refractivity contribution in [1.29, 1.82) is 0 Å². The average Bonchev–Trinajstić information content (AvgIpc) is 3.46. The van der Waals surface area contributed by atoms with Crippen LogP contribution in [0.15, 0.2) is 70.9 Å². The van der Waals surface area contributed by atoms with Gasteiger partial charge in [-0.05, 0) is 54.8 Å². The van der Waals surface area contributed by atoms with Crippen molar-refractivity contribution in [1.82, 2.24) is 15.1 Å². The zero-order chi connectivity index (χ0) is 26.6. The van der Waals surface area contributed by atoms with Crippen LogP contribution < -0.4 is 10.1 Å². The maximum Gasteiger partial charge on any atom is 0.262 e. The van der Waals surface area contributed by atoms with Crippen LogP contribution in [0.2, 0.25) is 0 Å². The lowest BCUT2D eigenvalue weighted by molar-refractivity contribution is -0.132. The second kappa shape index (κ2) is 11.1. The van der Waals surface area contributed by atoms with Gasteiger partial charge >= 0.3 is 0 Å². The van der Waals surface area contributed by atoms with E-state index in [9.17, 15) is 22.8 Å². The van der Waals surface area contributed by atoms with Gasteiger partial charge in [0, 0.05) is 31.7 Å². The van der Waals surface area contributed by atoms with Gasteiger partial charge in [0.15, 0.2) is 0 Å². The molecule has 1 aromatic heterocycles. The summed E-state index contributed by atoms with van der Waals surface area (Å²) in [5.74, 6) is -0.929. The number of methoxy groups -OCH3 is 1. The molecule has 2 aromatic carbocycles. The third-order valence-electron chi connectivity index (χ3n) is 6.11. The second-order valence-electron chi connectivity index (χ2n) is 8.53. The molecule has 37 heavy (non-hydrogen) atoms. The summed E-state index contributed by atoms with van der Waals surface area (Å²) in [7, 11) is -2.70. The predicted octanol–water partition coefficient (Wildman–Crippen LogP) is 2.58. The largest absolute Gasteiger partial charge is 0.497 e. The van der Waals surface area contributed by atoms with Gasteiger partial charge in [-0.15, -0.1) is 11.3 Å². The third kappa shape index (κ3) is 5.83. The highest BCUT2D eigenvalue weighted by Crippen LogP contribution is 2.20. The van der Waals surface area contributed by atoms with Crippen LogP contribution in [0.1, 0.15) is 25.6 Å². The summed E-state index contributed by atoms with van der Waals surface area (Å²) in [6.45, 7) is 2.55. The molecular formula is C26H27N3O6S2. The molecule has 4 rings (SSSR count). The van der Waals surface area contributed by atoms with E-state index in [0.29, 0.717) is 16.2 Å². The molecule has 11 heteroatoms. The third-order valence-corrected chi connectivity index (χ3v) is 8.84. The first-order valence-corrected chi connectivity index (χ1v) is 14.0. The molecule has 1 fully saturated rings. The minimum Gasteiger partial charge on any atom is -0.497 e. The molecule has 0 radical (unpaired) electrons. The Labute approximate surface area is 219 Å². The first kappa shape index (κ1) is 26.4. The zero-order valence-electron chi connectivity index (χ0n) is 20.4. The minimum absolute atomic E-state index is 0.0590. The Morgan fingerprint density at radius 1 is 0.919 bits per heavy atom. The van der Waals surface area contributed by atoms with Crippen molar-refractivity contribution in [2.24, 2.45) is 0 Å². The quantitative estimate of drug-likeness (QED) is 0.492. The van der Waals surface area contributed by atoms with E-state index in [1.807, 2.05) is 6.92 Å². The van der Waals surface area contributed by atoms with Crippen molar-refractivity contribution in [3.8, 4) is 5.75 Å². The molecule has 1 atom stereocenters. The number of aryl methyl sites for hydroxylation is 1. The summed E-state index contributed by atoms with van der Waals surface area (Å²) >= 11 is 1.15. The summed E-state index contributed by atoms with van der Waals surface area (Å²) in [5.41, 5.74) is 1.35. The molecule has 0 unspecified atom stereocenters. The van der Waals surface area contributed by atoms with E-state index in [4.69, 9.17) is 4.74 Å². The summed E-state index contributed by atoms with van der Waals surface area (Å²) in [6, 6.07) is 16.1. The van der Waals surface area contributed by atoms with Crippen LogP contribution in [0.4, 0.5) is 0 Å². The smallest absolute Gasteiger partial charge is 0.262 e. The van der Waals surface area contributed by atoms with Gasteiger partial charge in [0.2, 0.25) is 15.2 Å². The van der Waals surface area contributed by atoms with Gasteiger partial charge in [-0.3, -0.25) is 14.4 Å². The van der Waals surface area contributed by atoms with E-state index in [2.05, 4.69) is 5.32 Å². The normalized spacial score (nSPS) is 14.6. The number of benzene rings is 2. The van der Waals surface area contributed by atoms with Crippen LogP contribution in [0.5, 0.6) is 5.75 Å². The van der Waals surface area contributed by atoms with E-state index in [1.165, 1.54) is 17.0 Å². The number of amides is 3. The highest BCUT2D eigenvalue weighted by Gasteiger charge is 2.39. The first-order valence-electron chi connectivity index (χ1n) is 11.6.